The van der Waals surface area contributed by atoms with Crippen LogP contribution in [-0.2, 0) is 14.8 Å². The Hall–Kier alpha value is -1.97. The molecule has 0 spiro atoms. The second kappa shape index (κ2) is 8.81. The summed E-state index contributed by atoms with van der Waals surface area (Å²) in [5, 5.41) is 20.8. The molecule has 1 fully saturated rings. The first-order valence-corrected chi connectivity index (χ1v) is 10.4. The lowest BCUT2D eigenvalue weighted by Crippen LogP contribution is -2.47. The first-order chi connectivity index (χ1) is 12.6. The summed E-state index contributed by atoms with van der Waals surface area (Å²) in [6, 6.07) is 3.93. The number of aliphatic carboxylic acids is 1. The number of nitrogens with zero attached hydrogens (tertiary/aromatic N) is 1. The summed E-state index contributed by atoms with van der Waals surface area (Å²) >= 11 is 0. The topological polar surface area (TPSA) is 124 Å². The number of hydrogen-bond acceptors (Lipinski definition) is 5. The summed E-state index contributed by atoms with van der Waals surface area (Å²) in [6.45, 7) is 1.25. The van der Waals surface area contributed by atoms with Crippen LogP contribution in [0, 0.1) is 0 Å². The number of aliphatic hydroxyl groups excluding tert-OH is 1. The molecule has 150 valence electrons. The summed E-state index contributed by atoms with van der Waals surface area (Å²) < 4.78 is 27.2. The molecule has 0 bridgehead atoms. The Morgan fingerprint density at radius 3 is 2.41 bits per heavy atom. The van der Waals surface area contributed by atoms with Gasteiger partial charge in [0.05, 0.1) is 11.0 Å². The highest BCUT2D eigenvalue weighted by Gasteiger charge is 2.30. The lowest BCUT2D eigenvalue weighted by atomic mass is 9.96. The third-order valence-electron chi connectivity index (χ3n) is 4.90. The van der Waals surface area contributed by atoms with Crippen molar-refractivity contribution < 1.29 is 28.2 Å². The first-order valence-electron chi connectivity index (χ1n) is 8.94. The Kier molecular flexibility index (Phi) is 6.96. The molecule has 0 unspecified atom stereocenters. The van der Waals surface area contributed by atoms with Gasteiger partial charge in [-0.3, -0.25) is 4.79 Å². The van der Waals surface area contributed by atoms with Gasteiger partial charge in [0.25, 0.3) is 5.91 Å². The van der Waals surface area contributed by atoms with Gasteiger partial charge in [0.15, 0.2) is 6.04 Å². The molecule has 1 amide bonds. The zero-order valence-electron chi connectivity index (χ0n) is 15.5. The van der Waals surface area contributed by atoms with Crippen LogP contribution in [0.1, 0.15) is 49.4 Å². The van der Waals surface area contributed by atoms with Gasteiger partial charge >= 0.3 is 5.97 Å². The van der Waals surface area contributed by atoms with Gasteiger partial charge in [0.2, 0.25) is 10.0 Å². The number of carbonyl (C=O) groups excluding carboxylic acids is 1. The van der Waals surface area contributed by atoms with Crippen molar-refractivity contribution in [3.63, 3.8) is 0 Å². The third-order valence-corrected chi connectivity index (χ3v) is 6.80. The number of amides is 1. The van der Waals surface area contributed by atoms with E-state index in [2.05, 4.69) is 5.32 Å². The van der Waals surface area contributed by atoms with E-state index in [1.165, 1.54) is 35.5 Å². The quantitative estimate of drug-likeness (QED) is 0.634. The van der Waals surface area contributed by atoms with Crippen molar-refractivity contribution in [2.24, 2.45) is 0 Å². The highest BCUT2D eigenvalue weighted by Crippen LogP contribution is 2.26. The minimum Gasteiger partial charge on any atom is -0.480 e. The van der Waals surface area contributed by atoms with E-state index in [0.29, 0.717) is 0 Å². The Bertz CT molecular complexity index is 787. The van der Waals surface area contributed by atoms with Crippen molar-refractivity contribution >= 4 is 21.9 Å². The predicted molar refractivity (Wildman–Crippen MR) is 98.8 cm³/mol. The average molecular weight is 398 g/mol. The van der Waals surface area contributed by atoms with Gasteiger partial charge in [-0.25, -0.2) is 13.2 Å². The first kappa shape index (κ1) is 21.3. The van der Waals surface area contributed by atoms with E-state index >= 15 is 0 Å². The van der Waals surface area contributed by atoms with Crippen LogP contribution in [0.3, 0.4) is 0 Å². The van der Waals surface area contributed by atoms with Crippen molar-refractivity contribution in [1.29, 1.82) is 0 Å². The van der Waals surface area contributed by atoms with Gasteiger partial charge in [-0.2, -0.15) is 4.31 Å². The fraction of sp³-hybridized carbons (Fsp3) is 0.556. The molecule has 3 N–H and O–H groups in total. The van der Waals surface area contributed by atoms with E-state index in [1.807, 2.05) is 0 Å². The number of carbonyl (C=O) groups is 2. The SMILES string of the molecule is C[C@@H](O)[C@@H](NC(=O)c1cccc(S(=O)(=O)N(C)C2CCCCC2)c1)C(=O)O. The van der Waals surface area contributed by atoms with E-state index in [0.717, 1.165) is 32.1 Å². The third kappa shape index (κ3) is 5.06. The molecule has 1 aliphatic rings. The molecule has 27 heavy (non-hydrogen) atoms. The van der Waals surface area contributed by atoms with Gasteiger partial charge < -0.3 is 15.5 Å². The Morgan fingerprint density at radius 2 is 1.85 bits per heavy atom. The van der Waals surface area contributed by atoms with Gasteiger partial charge in [-0.15, -0.1) is 0 Å². The van der Waals surface area contributed by atoms with Crippen molar-refractivity contribution in [2.75, 3.05) is 7.05 Å². The lowest BCUT2D eigenvalue weighted by Gasteiger charge is -2.30. The molecule has 1 aromatic carbocycles. The number of carboxylic acid groups (broad SMARTS) is 1. The van der Waals surface area contributed by atoms with Crippen LogP contribution in [0.2, 0.25) is 0 Å². The molecular weight excluding hydrogens is 372 g/mol. The van der Waals surface area contributed by atoms with E-state index in [9.17, 15) is 23.1 Å². The maximum atomic E-state index is 12.9. The molecule has 0 saturated heterocycles. The predicted octanol–water partition coefficient (Wildman–Crippen LogP) is 1.20. The van der Waals surface area contributed by atoms with Crippen LogP contribution in [0.4, 0.5) is 0 Å². The number of hydrogen-bond donors (Lipinski definition) is 3. The summed E-state index contributed by atoms with van der Waals surface area (Å²) in [5.74, 6) is -2.14. The van der Waals surface area contributed by atoms with Gasteiger partial charge in [0, 0.05) is 18.7 Å². The number of benzene rings is 1. The summed E-state index contributed by atoms with van der Waals surface area (Å²) in [7, 11) is -2.22. The van der Waals surface area contributed by atoms with Crippen molar-refractivity contribution in [1.82, 2.24) is 9.62 Å². The summed E-state index contributed by atoms with van der Waals surface area (Å²) in [6.07, 6.45) is 3.41. The van der Waals surface area contributed by atoms with Crippen LogP contribution < -0.4 is 5.32 Å². The maximum Gasteiger partial charge on any atom is 0.328 e. The number of nitrogens with one attached hydrogen (secondary N) is 1. The van der Waals surface area contributed by atoms with E-state index in [1.54, 1.807) is 7.05 Å². The monoisotopic (exact) mass is 398 g/mol. The van der Waals surface area contributed by atoms with Crippen LogP contribution in [0.5, 0.6) is 0 Å². The smallest absolute Gasteiger partial charge is 0.328 e. The molecular formula is C18H26N2O6S. The number of carboxylic acids is 1. The summed E-state index contributed by atoms with van der Waals surface area (Å²) in [4.78, 5) is 23.4. The van der Waals surface area contributed by atoms with Crippen molar-refractivity contribution in [3.05, 3.63) is 29.8 Å². The average Bonchev–Trinajstić information content (AvgIpc) is 2.65. The Balaban J connectivity index is 2.22. The molecule has 1 aromatic rings. The zero-order valence-corrected chi connectivity index (χ0v) is 16.3. The molecule has 8 nitrogen and oxygen atoms in total. The number of sulfonamides is 1. The molecule has 1 saturated carbocycles. The van der Waals surface area contributed by atoms with Crippen LogP contribution in [-0.4, -0.2) is 60.0 Å². The number of rotatable bonds is 7. The largest absolute Gasteiger partial charge is 0.480 e. The molecule has 0 aliphatic heterocycles. The van der Waals surface area contributed by atoms with Crippen LogP contribution >= 0.6 is 0 Å². The second-order valence-corrected chi connectivity index (χ2v) is 8.87. The fourth-order valence-electron chi connectivity index (χ4n) is 3.22. The van der Waals surface area contributed by atoms with E-state index in [-0.39, 0.29) is 16.5 Å². The summed E-state index contributed by atoms with van der Waals surface area (Å²) in [5.41, 5.74) is 0.0139. The van der Waals surface area contributed by atoms with Crippen molar-refractivity contribution in [2.45, 2.75) is 62.1 Å². The lowest BCUT2D eigenvalue weighted by molar-refractivity contribution is -0.141. The highest BCUT2D eigenvalue weighted by atomic mass is 32.2. The van der Waals surface area contributed by atoms with Crippen molar-refractivity contribution in [3.8, 4) is 0 Å². The Morgan fingerprint density at radius 1 is 1.22 bits per heavy atom. The molecule has 2 atom stereocenters. The highest BCUT2D eigenvalue weighted by molar-refractivity contribution is 7.89. The van der Waals surface area contributed by atoms with Gasteiger partial charge in [-0.05, 0) is 38.0 Å². The normalized spacial score (nSPS) is 18.1. The van der Waals surface area contributed by atoms with Crippen LogP contribution in [0.25, 0.3) is 0 Å². The molecule has 0 radical (unpaired) electrons. The minimum atomic E-state index is -3.77. The van der Waals surface area contributed by atoms with Crippen LogP contribution in [0.15, 0.2) is 29.2 Å². The number of aliphatic hydroxyl groups is 1. The van der Waals surface area contributed by atoms with Gasteiger partial charge in [-0.1, -0.05) is 25.3 Å². The van der Waals surface area contributed by atoms with E-state index in [4.69, 9.17) is 5.11 Å². The zero-order chi connectivity index (χ0) is 20.2. The van der Waals surface area contributed by atoms with Gasteiger partial charge in [0.1, 0.15) is 0 Å². The molecule has 1 aliphatic carbocycles. The Labute approximate surface area is 159 Å². The maximum absolute atomic E-state index is 12.9. The van der Waals surface area contributed by atoms with E-state index < -0.39 is 34.0 Å². The molecule has 0 heterocycles. The fourth-order valence-corrected chi connectivity index (χ4v) is 4.68. The molecule has 0 aromatic heterocycles. The molecule has 9 heteroatoms. The molecule has 2 rings (SSSR count). The minimum absolute atomic E-state index is 0.0139. The second-order valence-electron chi connectivity index (χ2n) is 6.87. The standard InChI is InChI=1S/C18H26N2O6S/c1-12(21)16(18(23)24)19-17(22)13-7-6-10-15(11-13)27(25,26)20(2)14-8-4-3-5-9-14/h6-7,10-12,14,16,21H,3-5,8-9H2,1-2H3,(H,19,22)(H,23,24)/t12-,16-/m1/s1.